The lowest BCUT2D eigenvalue weighted by molar-refractivity contribution is 0.850. The zero-order valence-corrected chi connectivity index (χ0v) is 12.1. The molecule has 104 valence electrons. The smallest absolute Gasteiger partial charge is 0.0461 e. The number of aryl methyl sites for hydroxylation is 1. The van der Waals surface area contributed by atoms with Gasteiger partial charge in [-0.2, -0.15) is 0 Å². The van der Waals surface area contributed by atoms with Crippen LogP contribution in [0.2, 0.25) is 0 Å². The maximum absolute atomic E-state index is 4.57. The molecule has 2 nitrogen and oxygen atoms in total. The zero-order chi connectivity index (χ0) is 14.2. The second-order valence-corrected chi connectivity index (χ2v) is 5.04. The molecule has 1 aliphatic rings. The standard InChI is InChI=1S/C18H22N2/c1-3-4-10-18-13-17(19-14-15(2)20-18)12-11-16-8-6-5-7-9-16/h3,5-9,13-14,20H,1,4,10-12H2,2H3. The van der Waals surface area contributed by atoms with Crippen LogP contribution >= 0.6 is 0 Å². The molecule has 0 bridgehead atoms. The molecule has 2 rings (SSSR count). The molecule has 0 aromatic heterocycles. The summed E-state index contributed by atoms with van der Waals surface area (Å²) in [5.41, 5.74) is 4.81. The molecule has 0 spiro atoms. The summed E-state index contributed by atoms with van der Waals surface area (Å²) in [5, 5.41) is 3.40. The van der Waals surface area contributed by atoms with Crippen molar-refractivity contribution in [3.05, 3.63) is 72.2 Å². The largest absolute Gasteiger partial charge is 0.361 e. The minimum atomic E-state index is 0.965. The topological polar surface area (TPSA) is 24.4 Å². The Bertz CT molecular complexity index is 536. The SMILES string of the molecule is C=CCCC1=CC(CCc2ccccc2)=NC=C(C)N1. The third-order valence-electron chi connectivity index (χ3n) is 3.25. The fraction of sp³-hybridized carbons (Fsp3) is 0.278. The Morgan fingerprint density at radius 3 is 2.70 bits per heavy atom. The maximum atomic E-state index is 4.57. The summed E-state index contributed by atoms with van der Waals surface area (Å²) in [7, 11) is 0. The van der Waals surface area contributed by atoms with Gasteiger partial charge in [-0.25, -0.2) is 0 Å². The van der Waals surface area contributed by atoms with Crippen molar-refractivity contribution in [1.82, 2.24) is 5.32 Å². The number of allylic oxidation sites excluding steroid dienone is 4. The van der Waals surface area contributed by atoms with Crippen molar-refractivity contribution in [3.63, 3.8) is 0 Å². The molecule has 0 saturated carbocycles. The lowest BCUT2D eigenvalue weighted by Gasteiger charge is -2.08. The van der Waals surface area contributed by atoms with Crippen molar-refractivity contribution in [2.75, 3.05) is 0 Å². The highest BCUT2D eigenvalue weighted by atomic mass is 14.9. The summed E-state index contributed by atoms with van der Waals surface area (Å²) < 4.78 is 0. The maximum Gasteiger partial charge on any atom is 0.0461 e. The van der Waals surface area contributed by atoms with Gasteiger partial charge >= 0.3 is 0 Å². The van der Waals surface area contributed by atoms with Crippen molar-refractivity contribution in [1.29, 1.82) is 0 Å². The third kappa shape index (κ3) is 4.54. The van der Waals surface area contributed by atoms with Crippen LogP contribution in [0.1, 0.15) is 31.7 Å². The first-order valence-corrected chi connectivity index (χ1v) is 7.14. The van der Waals surface area contributed by atoms with E-state index in [1.54, 1.807) is 0 Å². The van der Waals surface area contributed by atoms with Gasteiger partial charge in [-0.3, -0.25) is 4.99 Å². The fourth-order valence-electron chi connectivity index (χ4n) is 2.19. The van der Waals surface area contributed by atoms with Gasteiger partial charge in [-0.15, -0.1) is 6.58 Å². The lowest BCUT2D eigenvalue weighted by atomic mass is 10.1. The number of aliphatic imine (C=N–C) groups is 1. The number of nitrogens with one attached hydrogen (secondary N) is 1. The van der Waals surface area contributed by atoms with E-state index in [2.05, 4.69) is 53.3 Å². The van der Waals surface area contributed by atoms with Gasteiger partial charge in [-0.1, -0.05) is 36.4 Å². The molecular formula is C18H22N2. The Morgan fingerprint density at radius 2 is 1.95 bits per heavy atom. The molecule has 1 aliphatic heterocycles. The summed E-state index contributed by atoms with van der Waals surface area (Å²) in [4.78, 5) is 4.57. The predicted octanol–water partition coefficient (Wildman–Crippen LogP) is 4.37. The Hall–Kier alpha value is -2.09. The quantitative estimate of drug-likeness (QED) is 0.759. The predicted molar refractivity (Wildman–Crippen MR) is 86.6 cm³/mol. The average molecular weight is 266 g/mol. The molecule has 1 aromatic rings. The van der Waals surface area contributed by atoms with Crippen LogP contribution in [0.3, 0.4) is 0 Å². The Labute approximate surface area is 121 Å². The average Bonchev–Trinajstić information content (AvgIpc) is 2.65. The summed E-state index contributed by atoms with van der Waals surface area (Å²) in [6, 6.07) is 10.6. The van der Waals surface area contributed by atoms with Crippen LogP contribution in [0.25, 0.3) is 0 Å². The lowest BCUT2D eigenvalue weighted by Crippen LogP contribution is -2.10. The Kier molecular flexibility index (Phi) is 5.36. The summed E-state index contributed by atoms with van der Waals surface area (Å²) >= 11 is 0. The molecule has 0 unspecified atom stereocenters. The molecule has 0 atom stereocenters. The molecule has 0 saturated heterocycles. The van der Waals surface area contributed by atoms with E-state index in [1.807, 2.05) is 19.2 Å². The third-order valence-corrected chi connectivity index (χ3v) is 3.25. The van der Waals surface area contributed by atoms with E-state index in [0.717, 1.165) is 37.1 Å². The molecule has 2 heteroatoms. The first kappa shape index (κ1) is 14.3. The Morgan fingerprint density at radius 1 is 1.15 bits per heavy atom. The van der Waals surface area contributed by atoms with Crippen molar-refractivity contribution in [2.24, 2.45) is 4.99 Å². The van der Waals surface area contributed by atoms with Crippen molar-refractivity contribution in [3.8, 4) is 0 Å². The Balaban J connectivity index is 2.02. The van der Waals surface area contributed by atoms with Gasteiger partial charge in [0.1, 0.15) is 0 Å². The van der Waals surface area contributed by atoms with Crippen molar-refractivity contribution >= 4 is 5.71 Å². The highest BCUT2D eigenvalue weighted by Crippen LogP contribution is 2.12. The molecule has 0 radical (unpaired) electrons. The van der Waals surface area contributed by atoms with E-state index in [9.17, 15) is 0 Å². The molecular weight excluding hydrogens is 244 g/mol. The highest BCUT2D eigenvalue weighted by Gasteiger charge is 2.05. The molecule has 1 heterocycles. The van der Waals surface area contributed by atoms with E-state index in [1.165, 1.54) is 11.3 Å². The molecule has 20 heavy (non-hydrogen) atoms. The van der Waals surface area contributed by atoms with Crippen LogP contribution in [0, 0.1) is 0 Å². The van der Waals surface area contributed by atoms with E-state index in [0.29, 0.717) is 0 Å². The first-order chi connectivity index (χ1) is 9.78. The van der Waals surface area contributed by atoms with E-state index >= 15 is 0 Å². The number of hydrogen-bond donors (Lipinski definition) is 1. The van der Waals surface area contributed by atoms with E-state index in [-0.39, 0.29) is 0 Å². The molecule has 1 aromatic carbocycles. The first-order valence-electron chi connectivity index (χ1n) is 7.14. The number of rotatable bonds is 6. The second kappa shape index (κ2) is 7.49. The van der Waals surface area contributed by atoms with Crippen molar-refractivity contribution < 1.29 is 0 Å². The van der Waals surface area contributed by atoms with Crippen LogP contribution < -0.4 is 5.32 Å². The van der Waals surface area contributed by atoms with Crippen LogP contribution in [0.5, 0.6) is 0 Å². The monoisotopic (exact) mass is 266 g/mol. The zero-order valence-electron chi connectivity index (χ0n) is 12.1. The normalized spacial score (nSPS) is 14.6. The van der Waals surface area contributed by atoms with Crippen LogP contribution in [-0.2, 0) is 6.42 Å². The van der Waals surface area contributed by atoms with Crippen LogP contribution in [-0.4, -0.2) is 5.71 Å². The van der Waals surface area contributed by atoms with Gasteiger partial charge in [0.05, 0.1) is 0 Å². The van der Waals surface area contributed by atoms with Gasteiger partial charge in [-0.05, 0) is 44.2 Å². The summed E-state index contributed by atoms with van der Waals surface area (Å²) in [6.07, 6.45) is 10.0. The minimum Gasteiger partial charge on any atom is -0.361 e. The van der Waals surface area contributed by atoms with E-state index < -0.39 is 0 Å². The molecule has 1 N–H and O–H groups in total. The summed E-state index contributed by atoms with van der Waals surface area (Å²) in [6.45, 7) is 5.83. The van der Waals surface area contributed by atoms with Gasteiger partial charge < -0.3 is 5.32 Å². The minimum absolute atomic E-state index is 0.965. The van der Waals surface area contributed by atoms with Gasteiger partial charge in [0.2, 0.25) is 0 Å². The van der Waals surface area contributed by atoms with Crippen LogP contribution in [0.4, 0.5) is 0 Å². The number of benzene rings is 1. The van der Waals surface area contributed by atoms with Crippen LogP contribution in [0.15, 0.2) is 71.6 Å². The van der Waals surface area contributed by atoms with Gasteiger partial charge in [0.25, 0.3) is 0 Å². The van der Waals surface area contributed by atoms with Gasteiger partial charge in [0.15, 0.2) is 0 Å². The fourth-order valence-corrected chi connectivity index (χ4v) is 2.19. The summed E-state index contributed by atoms with van der Waals surface area (Å²) in [5.74, 6) is 0. The molecule has 0 amide bonds. The van der Waals surface area contributed by atoms with Gasteiger partial charge in [0, 0.05) is 23.3 Å². The number of nitrogens with zero attached hydrogens (tertiary/aromatic N) is 1. The highest BCUT2D eigenvalue weighted by molar-refractivity contribution is 5.96. The number of hydrogen-bond acceptors (Lipinski definition) is 2. The second-order valence-electron chi connectivity index (χ2n) is 5.04. The van der Waals surface area contributed by atoms with Crippen molar-refractivity contribution in [2.45, 2.75) is 32.6 Å². The molecule has 0 fully saturated rings. The van der Waals surface area contributed by atoms with E-state index in [4.69, 9.17) is 0 Å². The molecule has 0 aliphatic carbocycles.